The average molecular weight is 428 g/mol. The number of amides is 3. The second kappa shape index (κ2) is 6.94. The Bertz CT molecular complexity index is 933. The molecule has 3 fully saturated rings. The summed E-state index contributed by atoms with van der Waals surface area (Å²) in [5.41, 5.74) is -0.193. The van der Waals surface area contributed by atoms with Gasteiger partial charge in [0, 0.05) is 11.5 Å². The zero-order valence-corrected chi connectivity index (χ0v) is 18.7. The Kier molecular flexibility index (Phi) is 4.65. The van der Waals surface area contributed by atoms with Crippen molar-refractivity contribution in [2.24, 2.45) is 5.92 Å². The normalized spacial score (nSPS) is 36.7. The third kappa shape index (κ3) is 2.85. The van der Waals surface area contributed by atoms with Crippen LogP contribution in [0.3, 0.4) is 0 Å². The number of fused-ring (bicyclic) bond motifs is 1. The molecule has 31 heavy (non-hydrogen) atoms. The van der Waals surface area contributed by atoms with E-state index in [1.807, 2.05) is 12.1 Å². The van der Waals surface area contributed by atoms with Crippen LogP contribution in [0.1, 0.15) is 57.1 Å². The predicted molar refractivity (Wildman–Crippen MR) is 116 cm³/mol. The average Bonchev–Trinajstić information content (AvgIpc) is 3.00. The molecule has 2 aliphatic carbocycles. The second-order valence-electron chi connectivity index (χ2n) is 10.4. The molecule has 5 rings (SSSR count). The summed E-state index contributed by atoms with van der Waals surface area (Å²) in [6, 6.07) is 5.73. The van der Waals surface area contributed by atoms with Gasteiger partial charge >= 0.3 is 6.03 Å². The molecule has 0 aromatic heterocycles. The molecular formula is C24H33N3O4. The zero-order valence-electron chi connectivity index (χ0n) is 18.7. The third-order valence-corrected chi connectivity index (χ3v) is 8.44. The fraction of sp³-hybridized carbons (Fsp3) is 0.667. The molecule has 2 bridgehead atoms. The molecule has 4 unspecified atom stereocenters. The van der Waals surface area contributed by atoms with Crippen LogP contribution in [-0.2, 0) is 16.6 Å². The van der Waals surface area contributed by atoms with E-state index in [1.165, 1.54) is 5.56 Å². The number of likely N-dealkylation sites (tertiary alicyclic amines) is 1. The molecule has 3 N–H and O–H groups in total. The van der Waals surface area contributed by atoms with Crippen molar-refractivity contribution in [2.45, 2.75) is 75.0 Å². The molecule has 0 radical (unpaired) electrons. The quantitative estimate of drug-likeness (QED) is 0.640. The van der Waals surface area contributed by atoms with Gasteiger partial charge in [-0.3, -0.25) is 15.0 Å². The number of carbonyl (C=O) groups excluding carboxylic acids is 2. The van der Waals surface area contributed by atoms with E-state index < -0.39 is 22.6 Å². The number of nitrogens with one attached hydrogen (secondary N) is 2. The Hall–Kier alpha value is -2.12. The summed E-state index contributed by atoms with van der Waals surface area (Å²) in [5.74, 6) is 1.10. The highest BCUT2D eigenvalue weighted by molar-refractivity contribution is 6.07. The van der Waals surface area contributed by atoms with E-state index in [-0.39, 0.29) is 11.9 Å². The first-order valence-corrected chi connectivity index (χ1v) is 11.5. The maximum atomic E-state index is 12.9. The lowest BCUT2D eigenvalue weighted by Gasteiger charge is -2.65. The van der Waals surface area contributed by atoms with Crippen LogP contribution in [0.15, 0.2) is 18.2 Å². The van der Waals surface area contributed by atoms with E-state index in [0.29, 0.717) is 25.2 Å². The maximum Gasteiger partial charge on any atom is 0.322 e. The number of urea groups is 1. The number of imide groups is 1. The predicted octanol–water partition coefficient (Wildman–Crippen LogP) is 2.10. The summed E-state index contributed by atoms with van der Waals surface area (Å²) < 4.78 is 5.53. The van der Waals surface area contributed by atoms with Gasteiger partial charge in [-0.2, -0.15) is 0 Å². The zero-order chi connectivity index (χ0) is 22.0. The molecule has 1 aromatic rings. The van der Waals surface area contributed by atoms with Crippen LogP contribution in [0.25, 0.3) is 0 Å². The minimum atomic E-state index is -0.953. The number of hydrogen-bond acceptors (Lipinski definition) is 5. The van der Waals surface area contributed by atoms with Crippen LogP contribution >= 0.6 is 0 Å². The van der Waals surface area contributed by atoms with Crippen molar-refractivity contribution in [2.75, 3.05) is 20.2 Å². The number of ether oxygens (including phenoxy) is 1. The highest BCUT2D eigenvalue weighted by Crippen LogP contribution is 2.60. The van der Waals surface area contributed by atoms with Gasteiger partial charge in [-0.15, -0.1) is 0 Å². The lowest BCUT2D eigenvalue weighted by molar-refractivity contribution is -0.180. The van der Waals surface area contributed by atoms with Crippen LogP contribution in [0.2, 0.25) is 0 Å². The van der Waals surface area contributed by atoms with Crippen molar-refractivity contribution in [3.63, 3.8) is 0 Å². The first kappa shape index (κ1) is 20.8. The monoisotopic (exact) mass is 427 g/mol. The Morgan fingerprint density at radius 1 is 1.26 bits per heavy atom. The van der Waals surface area contributed by atoms with E-state index in [9.17, 15) is 14.7 Å². The molecule has 1 spiro atoms. The lowest BCUT2D eigenvalue weighted by atomic mass is 9.46. The van der Waals surface area contributed by atoms with Gasteiger partial charge in [0.1, 0.15) is 11.3 Å². The number of benzene rings is 1. The minimum Gasteiger partial charge on any atom is -0.497 e. The van der Waals surface area contributed by atoms with E-state index in [2.05, 4.69) is 35.4 Å². The van der Waals surface area contributed by atoms with Crippen molar-refractivity contribution in [1.82, 2.24) is 15.5 Å². The number of aliphatic hydroxyl groups is 1. The number of rotatable bonds is 4. The van der Waals surface area contributed by atoms with Gasteiger partial charge in [0.05, 0.1) is 12.7 Å². The van der Waals surface area contributed by atoms with Crippen molar-refractivity contribution < 1.29 is 19.4 Å². The summed E-state index contributed by atoms with van der Waals surface area (Å²) in [6.07, 6.45) is 4.00. The van der Waals surface area contributed by atoms with E-state index >= 15 is 0 Å². The number of hydrogen-bond donors (Lipinski definition) is 3. The van der Waals surface area contributed by atoms with E-state index in [1.54, 1.807) is 7.11 Å². The molecule has 4 aliphatic rings. The maximum absolute atomic E-state index is 12.9. The molecule has 2 heterocycles. The molecule has 1 aromatic carbocycles. The molecule has 2 aliphatic heterocycles. The van der Waals surface area contributed by atoms with Crippen molar-refractivity contribution in [3.05, 3.63) is 29.3 Å². The smallest absolute Gasteiger partial charge is 0.322 e. The first-order chi connectivity index (χ1) is 14.7. The SMILES string of the molecule is COc1ccc2c(c1)C13CCN(CCC(C)C)C(C2)C1(O)CCC1(C3)NC(=O)NC1=O. The summed E-state index contributed by atoms with van der Waals surface area (Å²) in [4.78, 5) is 27.4. The Labute approximate surface area is 183 Å². The fourth-order valence-electron chi connectivity index (χ4n) is 6.78. The highest BCUT2D eigenvalue weighted by atomic mass is 16.5. The molecule has 4 atom stereocenters. The summed E-state index contributed by atoms with van der Waals surface area (Å²) >= 11 is 0. The van der Waals surface area contributed by atoms with Gasteiger partial charge in [0.25, 0.3) is 5.91 Å². The lowest BCUT2D eigenvalue weighted by Crippen LogP contribution is -2.76. The first-order valence-electron chi connectivity index (χ1n) is 11.5. The highest BCUT2D eigenvalue weighted by Gasteiger charge is 2.69. The Morgan fingerprint density at radius 2 is 2.06 bits per heavy atom. The number of nitrogens with zero attached hydrogens (tertiary/aromatic N) is 1. The molecule has 168 valence electrons. The van der Waals surface area contributed by atoms with Gasteiger partial charge in [-0.1, -0.05) is 19.9 Å². The standard InChI is InChI=1S/C24H33N3O4/c1-15(2)6-10-27-11-9-22-14-23(20(28)25-21(29)26-23)7-8-24(22,30)19(27)12-16-4-5-17(31-3)13-18(16)22/h4-5,13,15,19,30H,6-12,14H2,1-3H3,(H2,25,26,28,29). The van der Waals surface area contributed by atoms with Crippen LogP contribution in [-0.4, -0.2) is 59.3 Å². The van der Waals surface area contributed by atoms with Crippen LogP contribution in [0.5, 0.6) is 5.75 Å². The van der Waals surface area contributed by atoms with Gasteiger partial charge in [-0.25, -0.2) is 4.79 Å². The van der Waals surface area contributed by atoms with Gasteiger partial charge in [0.15, 0.2) is 0 Å². The molecule has 2 saturated heterocycles. The molecular weight excluding hydrogens is 394 g/mol. The molecule has 1 saturated carbocycles. The van der Waals surface area contributed by atoms with Gasteiger partial charge in [0.2, 0.25) is 0 Å². The van der Waals surface area contributed by atoms with E-state index in [0.717, 1.165) is 43.7 Å². The number of carbonyl (C=O) groups is 2. The van der Waals surface area contributed by atoms with Gasteiger partial charge in [-0.05, 0) is 80.8 Å². The largest absolute Gasteiger partial charge is 0.497 e. The van der Waals surface area contributed by atoms with E-state index in [4.69, 9.17) is 4.74 Å². The second-order valence-corrected chi connectivity index (χ2v) is 10.4. The molecule has 3 amide bonds. The van der Waals surface area contributed by atoms with Crippen LogP contribution in [0, 0.1) is 5.92 Å². The minimum absolute atomic E-state index is 0.0124. The number of methoxy groups -OCH3 is 1. The number of piperidine rings is 1. The fourth-order valence-corrected chi connectivity index (χ4v) is 6.78. The van der Waals surface area contributed by atoms with Crippen LogP contribution < -0.4 is 15.4 Å². The van der Waals surface area contributed by atoms with Crippen molar-refractivity contribution >= 4 is 11.9 Å². The Balaban J connectivity index is 1.62. The summed E-state index contributed by atoms with van der Waals surface area (Å²) in [6.45, 7) is 6.31. The van der Waals surface area contributed by atoms with Crippen LogP contribution in [0.4, 0.5) is 4.79 Å². The van der Waals surface area contributed by atoms with Gasteiger partial charge < -0.3 is 15.2 Å². The summed E-state index contributed by atoms with van der Waals surface area (Å²) in [7, 11) is 1.65. The van der Waals surface area contributed by atoms with Crippen molar-refractivity contribution in [1.29, 1.82) is 0 Å². The molecule has 7 nitrogen and oxygen atoms in total. The Morgan fingerprint density at radius 3 is 2.74 bits per heavy atom. The molecule has 7 heteroatoms. The summed E-state index contributed by atoms with van der Waals surface area (Å²) in [5, 5.41) is 17.7. The third-order valence-electron chi connectivity index (χ3n) is 8.44. The topological polar surface area (TPSA) is 90.9 Å². The van der Waals surface area contributed by atoms with Crippen molar-refractivity contribution in [3.8, 4) is 5.75 Å².